The average molecular weight is 270 g/mol. The molecule has 0 radical (unpaired) electrons. The molecular weight excluding hydrogens is 248 g/mol. The molecule has 1 aromatic heterocycles. The van der Waals surface area contributed by atoms with Crippen molar-refractivity contribution in [2.75, 3.05) is 13.1 Å². The van der Waals surface area contributed by atoms with Gasteiger partial charge in [0.1, 0.15) is 5.82 Å². The molecule has 1 aliphatic heterocycles. The van der Waals surface area contributed by atoms with Gasteiger partial charge in [0.05, 0.1) is 0 Å². The molecule has 106 valence electrons. The molecule has 1 atom stereocenters. The monoisotopic (exact) mass is 270 g/mol. The maximum absolute atomic E-state index is 4.37. The molecule has 4 heteroatoms. The summed E-state index contributed by atoms with van der Waals surface area (Å²) in [6.45, 7) is 3.01. The number of nitrogens with one attached hydrogen (secondary N) is 2. The van der Waals surface area contributed by atoms with E-state index in [2.05, 4.69) is 44.5 Å². The quantitative estimate of drug-likeness (QED) is 0.890. The van der Waals surface area contributed by atoms with Crippen LogP contribution >= 0.6 is 0 Å². The minimum Gasteiger partial charge on any atom is -0.338 e. The smallest absolute Gasteiger partial charge is 0.109 e. The van der Waals surface area contributed by atoms with Crippen molar-refractivity contribution in [3.63, 3.8) is 0 Å². The Kier molecular flexibility index (Phi) is 4.14. The molecule has 0 aliphatic carbocycles. The number of imidazole rings is 1. The highest BCUT2D eigenvalue weighted by atomic mass is 15.0. The highest BCUT2D eigenvalue weighted by molar-refractivity contribution is 5.31. The molecule has 0 saturated heterocycles. The van der Waals surface area contributed by atoms with E-state index in [4.69, 9.17) is 0 Å². The van der Waals surface area contributed by atoms with E-state index in [0.29, 0.717) is 6.04 Å². The number of hydrogen-bond acceptors (Lipinski definition) is 3. The Bertz CT molecular complexity index is 561. The summed E-state index contributed by atoms with van der Waals surface area (Å²) in [5, 5.41) is 7.18. The number of nitrogens with zero attached hydrogens (tertiary/aromatic N) is 2. The van der Waals surface area contributed by atoms with Crippen LogP contribution in [0.15, 0.2) is 36.7 Å². The second-order valence-corrected chi connectivity index (χ2v) is 5.38. The zero-order chi connectivity index (χ0) is 13.8. The van der Waals surface area contributed by atoms with Crippen molar-refractivity contribution in [3.05, 3.63) is 53.6 Å². The van der Waals surface area contributed by atoms with Crippen LogP contribution < -0.4 is 10.6 Å². The van der Waals surface area contributed by atoms with E-state index in [1.807, 2.05) is 19.4 Å². The summed E-state index contributed by atoms with van der Waals surface area (Å²) in [6.07, 6.45) is 5.97. The molecule has 2 heterocycles. The Morgan fingerprint density at radius 3 is 3.15 bits per heavy atom. The van der Waals surface area contributed by atoms with Crippen LogP contribution in [0, 0.1) is 0 Å². The van der Waals surface area contributed by atoms with E-state index >= 15 is 0 Å². The molecular formula is C16H22N4. The summed E-state index contributed by atoms with van der Waals surface area (Å²) in [5.41, 5.74) is 2.86. The number of fused-ring (bicyclic) bond motifs is 1. The Balaban J connectivity index is 1.64. The third-order valence-corrected chi connectivity index (χ3v) is 4.02. The lowest BCUT2D eigenvalue weighted by Gasteiger charge is -2.19. The van der Waals surface area contributed by atoms with Crippen molar-refractivity contribution >= 4 is 0 Å². The number of hydrogen-bond donors (Lipinski definition) is 2. The molecule has 0 amide bonds. The number of rotatable bonds is 4. The van der Waals surface area contributed by atoms with Crippen molar-refractivity contribution in [2.45, 2.75) is 25.4 Å². The molecule has 0 bridgehead atoms. The van der Waals surface area contributed by atoms with E-state index < -0.39 is 0 Å². The molecule has 1 unspecified atom stereocenters. The van der Waals surface area contributed by atoms with E-state index in [1.54, 1.807) is 0 Å². The van der Waals surface area contributed by atoms with Gasteiger partial charge in [-0.2, -0.15) is 0 Å². The van der Waals surface area contributed by atoms with Gasteiger partial charge in [0.2, 0.25) is 0 Å². The number of aromatic nitrogens is 2. The van der Waals surface area contributed by atoms with E-state index in [9.17, 15) is 0 Å². The first kappa shape index (κ1) is 13.3. The predicted octanol–water partition coefficient (Wildman–Crippen LogP) is 1.79. The van der Waals surface area contributed by atoms with Gasteiger partial charge in [-0.1, -0.05) is 24.3 Å². The largest absolute Gasteiger partial charge is 0.338 e. The fraction of sp³-hybridized carbons (Fsp3) is 0.438. The van der Waals surface area contributed by atoms with Gasteiger partial charge in [0.15, 0.2) is 0 Å². The minimum atomic E-state index is 0.446. The van der Waals surface area contributed by atoms with Gasteiger partial charge < -0.3 is 15.2 Å². The predicted molar refractivity (Wildman–Crippen MR) is 80.4 cm³/mol. The normalized spacial score (nSPS) is 18.6. The molecule has 20 heavy (non-hydrogen) atoms. The summed E-state index contributed by atoms with van der Waals surface area (Å²) in [7, 11) is 2.05. The van der Waals surface area contributed by atoms with Gasteiger partial charge in [-0.05, 0) is 24.1 Å². The van der Waals surface area contributed by atoms with Gasteiger partial charge in [0.25, 0.3) is 0 Å². The Morgan fingerprint density at radius 2 is 2.30 bits per heavy atom. The second-order valence-electron chi connectivity index (χ2n) is 5.38. The molecule has 1 aromatic carbocycles. The Hall–Kier alpha value is -1.65. The van der Waals surface area contributed by atoms with E-state index in [0.717, 1.165) is 38.3 Å². The van der Waals surface area contributed by atoms with Crippen LogP contribution in [-0.4, -0.2) is 22.6 Å². The first-order valence-electron chi connectivity index (χ1n) is 7.32. The highest BCUT2D eigenvalue weighted by Gasteiger charge is 2.17. The van der Waals surface area contributed by atoms with Crippen LogP contribution in [0.1, 0.15) is 29.4 Å². The fourth-order valence-corrected chi connectivity index (χ4v) is 2.87. The summed E-state index contributed by atoms with van der Waals surface area (Å²) >= 11 is 0. The van der Waals surface area contributed by atoms with Crippen LogP contribution in [0.25, 0.3) is 0 Å². The lowest BCUT2D eigenvalue weighted by atomic mass is 9.99. The topological polar surface area (TPSA) is 41.9 Å². The van der Waals surface area contributed by atoms with Crippen molar-refractivity contribution < 1.29 is 0 Å². The van der Waals surface area contributed by atoms with Crippen LogP contribution in [0.3, 0.4) is 0 Å². The molecule has 3 rings (SSSR count). The van der Waals surface area contributed by atoms with Crippen LogP contribution in [0.4, 0.5) is 0 Å². The van der Waals surface area contributed by atoms with Crippen LogP contribution in [0.2, 0.25) is 0 Å². The average Bonchev–Trinajstić information content (AvgIpc) is 2.76. The van der Waals surface area contributed by atoms with Gasteiger partial charge in [-0.3, -0.25) is 0 Å². The van der Waals surface area contributed by atoms with Crippen molar-refractivity contribution in [3.8, 4) is 0 Å². The van der Waals surface area contributed by atoms with E-state index in [-0.39, 0.29) is 0 Å². The van der Waals surface area contributed by atoms with Crippen LogP contribution in [0.5, 0.6) is 0 Å². The molecule has 0 saturated carbocycles. The van der Waals surface area contributed by atoms with Gasteiger partial charge >= 0.3 is 0 Å². The minimum absolute atomic E-state index is 0.446. The molecule has 4 nitrogen and oxygen atoms in total. The lowest BCUT2D eigenvalue weighted by Crippen LogP contribution is -2.25. The van der Waals surface area contributed by atoms with E-state index in [1.165, 1.54) is 11.1 Å². The Morgan fingerprint density at radius 1 is 1.40 bits per heavy atom. The molecule has 0 fully saturated rings. The first-order valence-corrected chi connectivity index (χ1v) is 7.32. The lowest BCUT2D eigenvalue weighted by molar-refractivity contribution is 0.494. The highest BCUT2D eigenvalue weighted by Crippen LogP contribution is 2.23. The third-order valence-electron chi connectivity index (χ3n) is 4.02. The van der Waals surface area contributed by atoms with Crippen molar-refractivity contribution in [2.24, 2.45) is 7.05 Å². The Labute approximate surface area is 120 Å². The van der Waals surface area contributed by atoms with Gasteiger partial charge in [-0.25, -0.2) is 4.98 Å². The first-order chi connectivity index (χ1) is 9.84. The zero-order valence-electron chi connectivity index (χ0n) is 12.0. The maximum atomic E-state index is 4.37. The third kappa shape index (κ3) is 2.92. The fourth-order valence-electron chi connectivity index (χ4n) is 2.87. The van der Waals surface area contributed by atoms with Gasteiger partial charge in [0, 0.05) is 45.0 Å². The molecule has 0 spiro atoms. The number of benzene rings is 1. The summed E-state index contributed by atoms with van der Waals surface area (Å²) in [5.74, 6) is 1.14. The number of aryl methyl sites for hydroxylation is 1. The second kappa shape index (κ2) is 6.20. The van der Waals surface area contributed by atoms with Crippen molar-refractivity contribution in [1.82, 2.24) is 20.2 Å². The van der Waals surface area contributed by atoms with Gasteiger partial charge in [-0.15, -0.1) is 0 Å². The molecule has 2 N–H and O–H groups in total. The molecule has 1 aliphatic rings. The molecule has 2 aromatic rings. The van der Waals surface area contributed by atoms with Crippen LogP contribution in [-0.2, 0) is 20.0 Å². The maximum Gasteiger partial charge on any atom is 0.109 e. The van der Waals surface area contributed by atoms with Crippen molar-refractivity contribution in [1.29, 1.82) is 0 Å². The summed E-state index contributed by atoms with van der Waals surface area (Å²) < 4.78 is 2.09. The summed E-state index contributed by atoms with van der Waals surface area (Å²) in [6, 6.07) is 9.18. The standard InChI is InChI=1S/C16H22N4/c1-20-11-10-19-16(20)7-9-18-15-6-8-17-12-13-4-2-3-5-14(13)15/h2-5,10-11,15,17-18H,6-9,12H2,1H3. The zero-order valence-corrected chi connectivity index (χ0v) is 12.0. The summed E-state index contributed by atoms with van der Waals surface area (Å²) in [4.78, 5) is 4.37. The SMILES string of the molecule is Cn1ccnc1CCNC1CCNCc2ccccc21.